The van der Waals surface area contributed by atoms with Crippen LogP contribution in [0.2, 0.25) is 0 Å². The lowest BCUT2D eigenvalue weighted by atomic mass is 9.85. The summed E-state index contributed by atoms with van der Waals surface area (Å²) in [6.07, 6.45) is 2.16. The van der Waals surface area contributed by atoms with Crippen LogP contribution in [-0.2, 0) is 28.7 Å². The van der Waals surface area contributed by atoms with Crippen molar-refractivity contribution in [1.82, 2.24) is 15.5 Å². The highest BCUT2D eigenvalue weighted by Gasteiger charge is 2.70. The van der Waals surface area contributed by atoms with Gasteiger partial charge >= 0.3 is 12.0 Å². The molecule has 6 N–H and O–H groups in total. The molecule has 3 rings (SSSR count). The molecule has 0 aromatic rings. The van der Waals surface area contributed by atoms with Crippen LogP contribution >= 0.6 is 0 Å². The summed E-state index contributed by atoms with van der Waals surface area (Å²) in [7, 11) is 0. The number of amides is 5. The van der Waals surface area contributed by atoms with Gasteiger partial charge in [0.1, 0.15) is 17.7 Å². The van der Waals surface area contributed by atoms with E-state index >= 15 is 0 Å². The topological polar surface area (TPSA) is 182 Å². The monoisotopic (exact) mass is 620 g/mol. The fourth-order valence-corrected chi connectivity index (χ4v) is 6.35. The van der Waals surface area contributed by atoms with Gasteiger partial charge in [0.05, 0.1) is 6.04 Å². The molecule has 44 heavy (non-hydrogen) atoms. The second-order valence-corrected chi connectivity index (χ2v) is 16.7. The molecule has 0 radical (unpaired) electrons. The van der Waals surface area contributed by atoms with Crippen LogP contribution < -0.4 is 21.7 Å². The number of esters is 1. The van der Waals surface area contributed by atoms with Crippen LogP contribution in [0.5, 0.6) is 0 Å². The van der Waals surface area contributed by atoms with Crippen molar-refractivity contribution < 1.29 is 38.8 Å². The standard InChI is InChI=1S/C32H53N5O7/c1-29(2,3)22(35-28(43)36-23(30(4,5)6)27(42)44-31(7,8)9)26(41)37-15-17-19(32(17,10)11)20(37)25(40)34-18(14-16-12-13-16)21(38)24(33)39/h16-20,22-23H,12-15H2,1-11H3,(H2,33,39)(H,34,40)(H2,35,36,43)/p+1/t17-,18?,19-,20-,22+,23+/m0/s1. The molecule has 2 aliphatic carbocycles. The van der Waals surface area contributed by atoms with E-state index in [1.165, 1.54) is 10.2 Å². The van der Waals surface area contributed by atoms with Crippen LogP contribution in [0.4, 0.5) is 4.79 Å². The molecule has 3 aliphatic rings. The van der Waals surface area contributed by atoms with E-state index in [-0.39, 0.29) is 23.2 Å². The molecule has 0 aromatic heterocycles. The van der Waals surface area contributed by atoms with Gasteiger partial charge in [0, 0.05) is 12.0 Å². The number of ketones is 1. The molecule has 6 atom stereocenters. The first-order valence-electron chi connectivity index (χ1n) is 15.7. The van der Waals surface area contributed by atoms with E-state index in [2.05, 4.69) is 10.6 Å². The lowest BCUT2D eigenvalue weighted by Gasteiger charge is -2.37. The first-order chi connectivity index (χ1) is 19.9. The Morgan fingerprint density at radius 3 is 1.95 bits per heavy atom. The van der Waals surface area contributed by atoms with Crippen molar-refractivity contribution in [3.05, 3.63) is 0 Å². The van der Waals surface area contributed by atoms with Gasteiger partial charge in [0.2, 0.25) is 17.6 Å². The minimum Gasteiger partial charge on any atom is -0.456 e. The molecule has 0 spiro atoms. The maximum absolute atomic E-state index is 14.2. The zero-order chi connectivity index (χ0) is 33.7. The van der Waals surface area contributed by atoms with Gasteiger partial charge in [-0.15, -0.1) is 0 Å². The predicted molar refractivity (Wildman–Crippen MR) is 163 cm³/mol. The van der Waals surface area contributed by atoms with Crippen LogP contribution in [0.15, 0.2) is 0 Å². The van der Waals surface area contributed by atoms with Gasteiger partial charge in [-0.2, -0.15) is 0 Å². The van der Waals surface area contributed by atoms with E-state index in [0.29, 0.717) is 13.0 Å². The number of likely N-dealkylation sites (tertiary alicyclic amines) is 1. The lowest BCUT2D eigenvalue weighted by molar-refractivity contribution is -0.599. The number of rotatable bonds is 10. The largest absolute Gasteiger partial charge is 0.456 e. The Morgan fingerprint density at radius 2 is 1.50 bits per heavy atom. The second kappa shape index (κ2) is 12.1. The third kappa shape index (κ3) is 8.17. The number of carbonyl (C=O) groups excluding carboxylic acids is 6. The van der Waals surface area contributed by atoms with Gasteiger partial charge in [0.25, 0.3) is 5.91 Å². The van der Waals surface area contributed by atoms with Crippen molar-refractivity contribution in [2.75, 3.05) is 6.54 Å². The average molecular weight is 621 g/mol. The first kappa shape index (κ1) is 35.5. The maximum Gasteiger partial charge on any atom is 0.414 e. The minimum atomic E-state index is -1.10. The van der Waals surface area contributed by atoms with E-state index in [1.807, 2.05) is 55.4 Å². The third-order valence-corrected chi connectivity index (χ3v) is 9.21. The van der Waals surface area contributed by atoms with Crippen LogP contribution in [0, 0.1) is 34.0 Å². The van der Waals surface area contributed by atoms with E-state index in [0.717, 1.165) is 12.8 Å². The lowest BCUT2D eigenvalue weighted by Crippen LogP contribution is -3.00. The van der Waals surface area contributed by atoms with E-state index < -0.39 is 76.1 Å². The van der Waals surface area contributed by atoms with Gasteiger partial charge in [0.15, 0.2) is 6.04 Å². The zero-order valence-corrected chi connectivity index (χ0v) is 28.3. The number of quaternary nitrogens is 1. The normalized spacial score (nSPS) is 24.8. The van der Waals surface area contributed by atoms with Crippen LogP contribution in [0.25, 0.3) is 0 Å². The maximum atomic E-state index is 14.2. The van der Waals surface area contributed by atoms with Crippen LogP contribution in [-0.4, -0.2) is 76.7 Å². The number of hydrogen-bond acceptors (Lipinski definition) is 7. The van der Waals surface area contributed by atoms with Crippen molar-refractivity contribution in [3.8, 4) is 0 Å². The summed E-state index contributed by atoms with van der Waals surface area (Å²) in [5.41, 5.74) is 2.97. The highest BCUT2D eigenvalue weighted by Crippen LogP contribution is 2.65. The van der Waals surface area contributed by atoms with E-state index in [4.69, 9.17) is 10.5 Å². The Morgan fingerprint density at radius 1 is 0.932 bits per heavy atom. The molecule has 1 aliphatic heterocycles. The summed E-state index contributed by atoms with van der Waals surface area (Å²) in [6, 6.07) is -4.40. The van der Waals surface area contributed by atoms with Crippen LogP contribution in [0.1, 0.15) is 95.4 Å². The molecule has 2 saturated carbocycles. The Balaban J connectivity index is 1.83. The number of urea groups is 1. The highest BCUT2D eigenvalue weighted by atomic mass is 16.6. The number of Topliss-reactive ketones (excluding diaryl/α,β-unsaturated/α-hetero) is 1. The van der Waals surface area contributed by atoms with E-state index in [9.17, 15) is 28.8 Å². The summed E-state index contributed by atoms with van der Waals surface area (Å²) in [4.78, 5) is 80.3. The van der Waals surface area contributed by atoms with E-state index in [1.54, 1.807) is 20.8 Å². The number of nitrogens with zero attached hydrogens (tertiary/aromatic N) is 1. The molecule has 0 bridgehead atoms. The first-order valence-corrected chi connectivity index (χ1v) is 15.7. The smallest absolute Gasteiger partial charge is 0.414 e. The number of piperidine rings is 1. The predicted octanol–water partition coefficient (Wildman–Crippen LogP) is 1.25. The average Bonchev–Trinajstić information content (AvgIpc) is 3.69. The van der Waals surface area contributed by atoms with Gasteiger partial charge in [-0.1, -0.05) is 68.2 Å². The number of fused-ring (bicyclic) bond motifs is 1. The fourth-order valence-electron chi connectivity index (χ4n) is 6.35. The van der Waals surface area contributed by atoms with Gasteiger partial charge in [-0.3, -0.25) is 29.8 Å². The molecular weight excluding hydrogens is 566 g/mol. The van der Waals surface area contributed by atoms with Crippen LogP contribution in [0.3, 0.4) is 0 Å². The minimum absolute atomic E-state index is 0.0660. The molecule has 12 nitrogen and oxygen atoms in total. The SMILES string of the molecule is CC(C)(C)OC(=O)[C@@H]([NH2+]C(=O)N[C@H](C(=O)N1C[C@H]2[C@@H]([C@H]1C(=O)NC(CC1CC1)C(=O)C(N)=O)C2(C)C)C(C)(C)C)C(C)(C)C. The van der Waals surface area contributed by atoms with Gasteiger partial charge < -0.3 is 20.7 Å². The number of primary amides is 2. The van der Waals surface area contributed by atoms with Crippen molar-refractivity contribution in [1.29, 1.82) is 0 Å². The van der Waals surface area contributed by atoms with Crippen molar-refractivity contribution in [3.63, 3.8) is 0 Å². The molecule has 5 amide bonds. The van der Waals surface area contributed by atoms with Gasteiger partial charge in [-0.05, 0) is 55.8 Å². The second-order valence-electron chi connectivity index (χ2n) is 16.7. The Kier molecular flexibility index (Phi) is 9.72. The fraction of sp³-hybridized carbons (Fsp3) is 0.812. The van der Waals surface area contributed by atoms with Crippen molar-refractivity contribution in [2.45, 2.75) is 125 Å². The third-order valence-electron chi connectivity index (χ3n) is 9.21. The summed E-state index contributed by atoms with van der Waals surface area (Å²) in [5.74, 6) is -3.25. The quantitative estimate of drug-likeness (QED) is 0.209. The number of ether oxygens (including phenoxy) is 1. The Hall–Kier alpha value is -3.02. The Labute approximate surface area is 261 Å². The molecular formula is C32H54N5O7+. The Bertz CT molecular complexity index is 1190. The number of nitrogens with one attached hydrogen (secondary N) is 2. The molecule has 1 unspecified atom stereocenters. The van der Waals surface area contributed by atoms with Crippen molar-refractivity contribution >= 4 is 35.5 Å². The molecule has 1 saturated heterocycles. The molecule has 248 valence electrons. The molecule has 1 heterocycles. The summed E-state index contributed by atoms with van der Waals surface area (Å²) in [5, 5.41) is 6.86. The molecule has 0 aromatic carbocycles. The molecule has 12 heteroatoms. The number of carbonyl (C=O) groups is 6. The number of hydrogen-bond donors (Lipinski definition) is 4. The summed E-state index contributed by atoms with van der Waals surface area (Å²) < 4.78 is 5.57. The summed E-state index contributed by atoms with van der Waals surface area (Å²) in [6.45, 7) is 20.6. The zero-order valence-electron chi connectivity index (χ0n) is 28.3. The molecule has 3 fully saturated rings. The summed E-state index contributed by atoms with van der Waals surface area (Å²) >= 11 is 0. The highest BCUT2D eigenvalue weighted by molar-refractivity contribution is 6.37. The van der Waals surface area contributed by atoms with Crippen molar-refractivity contribution in [2.24, 2.45) is 39.7 Å². The number of nitrogens with two attached hydrogens (primary N) is 2. The van der Waals surface area contributed by atoms with Gasteiger partial charge in [-0.25, -0.2) is 9.59 Å².